The number of carbonyl (C=O) groups excluding carboxylic acids is 2. The largest absolute Gasteiger partial charge is 0.484 e. The van der Waals surface area contributed by atoms with Crippen LogP contribution in [0.3, 0.4) is 0 Å². The summed E-state index contributed by atoms with van der Waals surface area (Å²) in [5, 5.41) is 3.13. The van der Waals surface area contributed by atoms with Gasteiger partial charge in [0.25, 0.3) is 5.91 Å². The summed E-state index contributed by atoms with van der Waals surface area (Å²) in [5.41, 5.74) is 1.10. The molecule has 0 aliphatic rings. The maximum absolute atomic E-state index is 12.7. The van der Waals surface area contributed by atoms with Crippen molar-refractivity contribution in [2.45, 2.75) is 19.4 Å². The van der Waals surface area contributed by atoms with Crippen LogP contribution in [0.2, 0.25) is 5.02 Å². The van der Waals surface area contributed by atoms with Crippen LogP contribution >= 0.6 is 11.6 Å². The predicted octanol–water partition coefficient (Wildman–Crippen LogP) is 2.92. The molecule has 0 aliphatic carbocycles. The highest BCUT2D eigenvalue weighted by atomic mass is 35.5. The zero-order valence-electron chi connectivity index (χ0n) is 14.9. The van der Waals surface area contributed by atoms with Crippen molar-refractivity contribution in [1.82, 2.24) is 10.2 Å². The fraction of sp³-hybridized carbons (Fsp3) is 0.300. The number of hydrogen-bond donors (Lipinski definition) is 1. The van der Waals surface area contributed by atoms with Gasteiger partial charge in [-0.15, -0.1) is 0 Å². The molecule has 0 radical (unpaired) electrons. The van der Waals surface area contributed by atoms with Crippen LogP contribution in [0.5, 0.6) is 5.75 Å². The Labute approximate surface area is 158 Å². The van der Waals surface area contributed by atoms with Gasteiger partial charge in [-0.05, 0) is 37.1 Å². The van der Waals surface area contributed by atoms with Crippen molar-refractivity contribution in [2.24, 2.45) is 0 Å². The third-order valence-corrected chi connectivity index (χ3v) is 4.29. The van der Waals surface area contributed by atoms with E-state index in [1.807, 2.05) is 30.3 Å². The van der Waals surface area contributed by atoms with Gasteiger partial charge in [0.15, 0.2) is 6.61 Å². The van der Waals surface area contributed by atoms with Crippen molar-refractivity contribution in [3.8, 4) is 5.75 Å². The van der Waals surface area contributed by atoms with Crippen molar-refractivity contribution < 1.29 is 14.3 Å². The highest BCUT2D eigenvalue weighted by Crippen LogP contribution is 2.17. The van der Waals surface area contributed by atoms with E-state index < -0.39 is 6.04 Å². The van der Waals surface area contributed by atoms with Gasteiger partial charge in [0.1, 0.15) is 11.8 Å². The van der Waals surface area contributed by atoms with E-state index in [1.165, 1.54) is 4.90 Å². The Morgan fingerprint density at radius 3 is 2.54 bits per heavy atom. The smallest absolute Gasteiger partial charge is 0.261 e. The standard InChI is InChI=1S/C20H23ClN2O3/c1-15(20(25)22-2)23(12-11-16-7-4-3-5-8-16)19(24)14-26-18-10-6-9-17(21)13-18/h3-10,13,15H,11-12,14H2,1-2H3,(H,22,25)/t15-/m1/s1. The van der Waals surface area contributed by atoms with Crippen LogP contribution in [0.25, 0.3) is 0 Å². The SMILES string of the molecule is CNC(=O)[C@@H](C)N(CCc1ccccc1)C(=O)COc1cccc(Cl)c1. The second-order valence-electron chi connectivity index (χ2n) is 5.86. The Kier molecular flexibility index (Phi) is 7.48. The van der Waals surface area contributed by atoms with Crippen molar-refractivity contribution in [3.63, 3.8) is 0 Å². The van der Waals surface area contributed by atoms with Gasteiger partial charge >= 0.3 is 0 Å². The molecule has 138 valence electrons. The van der Waals surface area contributed by atoms with Crippen molar-refractivity contribution in [1.29, 1.82) is 0 Å². The van der Waals surface area contributed by atoms with Crippen molar-refractivity contribution >= 4 is 23.4 Å². The van der Waals surface area contributed by atoms with E-state index in [4.69, 9.17) is 16.3 Å². The summed E-state index contributed by atoms with van der Waals surface area (Å²) < 4.78 is 5.54. The average Bonchev–Trinajstić information content (AvgIpc) is 2.66. The highest BCUT2D eigenvalue weighted by Gasteiger charge is 2.25. The Morgan fingerprint density at radius 1 is 1.15 bits per heavy atom. The molecular formula is C20H23ClN2O3. The molecule has 0 saturated heterocycles. The lowest BCUT2D eigenvalue weighted by Crippen LogP contribution is -2.49. The summed E-state index contributed by atoms with van der Waals surface area (Å²) in [7, 11) is 1.56. The van der Waals surface area contributed by atoms with E-state index in [-0.39, 0.29) is 18.4 Å². The number of rotatable bonds is 8. The van der Waals surface area contributed by atoms with E-state index in [2.05, 4.69) is 5.32 Å². The minimum Gasteiger partial charge on any atom is -0.484 e. The Hall–Kier alpha value is -2.53. The zero-order valence-corrected chi connectivity index (χ0v) is 15.7. The Bertz CT molecular complexity index is 737. The number of nitrogens with zero attached hydrogens (tertiary/aromatic N) is 1. The second kappa shape index (κ2) is 9.82. The van der Waals surface area contributed by atoms with Gasteiger partial charge in [0.05, 0.1) is 0 Å². The molecule has 0 bridgehead atoms. The lowest BCUT2D eigenvalue weighted by atomic mass is 10.1. The predicted molar refractivity (Wildman–Crippen MR) is 102 cm³/mol. The normalized spacial score (nSPS) is 11.5. The first-order valence-electron chi connectivity index (χ1n) is 8.44. The van der Waals surface area contributed by atoms with E-state index in [0.29, 0.717) is 23.7 Å². The molecule has 0 saturated carbocycles. The maximum atomic E-state index is 12.7. The number of benzene rings is 2. The Morgan fingerprint density at radius 2 is 1.88 bits per heavy atom. The first-order chi connectivity index (χ1) is 12.5. The summed E-state index contributed by atoms with van der Waals surface area (Å²) in [6.45, 7) is 1.98. The maximum Gasteiger partial charge on any atom is 0.261 e. The summed E-state index contributed by atoms with van der Waals surface area (Å²) in [4.78, 5) is 26.2. The number of carbonyl (C=O) groups is 2. The number of hydrogen-bond acceptors (Lipinski definition) is 3. The van der Waals surface area contributed by atoms with Crippen molar-refractivity contribution in [3.05, 3.63) is 65.2 Å². The first-order valence-corrected chi connectivity index (χ1v) is 8.82. The van der Waals surface area contributed by atoms with Gasteiger partial charge in [-0.25, -0.2) is 0 Å². The quantitative estimate of drug-likeness (QED) is 0.772. The minimum atomic E-state index is -0.584. The monoisotopic (exact) mass is 374 g/mol. The van der Waals surface area contributed by atoms with Gasteiger partial charge in [-0.1, -0.05) is 48.0 Å². The van der Waals surface area contributed by atoms with E-state index in [1.54, 1.807) is 38.2 Å². The minimum absolute atomic E-state index is 0.156. The molecule has 5 nitrogen and oxygen atoms in total. The molecule has 0 aliphatic heterocycles. The van der Waals surface area contributed by atoms with E-state index >= 15 is 0 Å². The van der Waals surface area contributed by atoms with E-state index in [9.17, 15) is 9.59 Å². The lowest BCUT2D eigenvalue weighted by molar-refractivity contribution is -0.141. The van der Waals surface area contributed by atoms with Crippen LogP contribution in [0.15, 0.2) is 54.6 Å². The molecule has 1 N–H and O–H groups in total. The molecule has 0 unspecified atom stereocenters. The third-order valence-electron chi connectivity index (χ3n) is 4.06. The number of ether oxygens (including phenoxy) is 1. The number of halogens is 1. The lowest BCUT2D eigenvalue weighted by Gasteiger charge is -2.28. The van der Waals surface area contributed by atoms with Crippen LogP contribution in [-0.4, -0.2) is 43.0 Å². The summed E-state index contributed by atoms with van der Waals surface area (Å²) in [6, 6.07) is 16.1. The fourth-order valence-electron chi connectivity index (χ4n) is 2.56. The van der Waals surface area contributed by atoms with Crippen LogP contribution < -0.4 is 10.1 Å². The molecule has 2 aromatic carbocycles. The summed E-state index contributed by atoms with van der Waals surface area (Å²) in [5.74, 6) is 0.0487. The summed E-state index contributed by atoms with van der Waals surface area (Å²) >= 11 is 5.92. The summed E-state index contributed by atoms with van der Waals surface area (Å²) in [6.07, 6.45) is 0.658. The number of likely N-dealkylation sites (N-methyl/N-ethyl adjacent to an activating group) is 1. The highest BCUT2D eigenvalue weighted by molar-refractivity contribution is 6.30. The average molecular weight is 375 g/mol. The Balaban J connectivity index is 2.03. The molecule has 0 aromatic heterocycles. The molecule has 0 fully saturated rings. The fourth-order valence-corrected chi connectivity index (χ4v) is 2.74. The molecule has 26 heavy (non-hydrogen) atoms. The van der Waals surface area contributed by atoms with Crippen LogP contribution in [0, 0.1) is 0 Å². The molecule has 0 heterocycles. The van der Waals surface area contributed by atoms with Gasteiger partial charge in [0, 0.05) is 18.6 Å². The molecule has 2 rings (SSSR count). The van der Waals surface area contributed by atoms with Crippen LogP contribution in [-0.2, 0) is 16.0 Å². The molecule has 0 spiro atoms. The van der Waals surface area contributed by atoms with Gasteiger partial charge in [-0.2, -0.15) is 0 Å². The number of amides is 2. The van der Waals surface area contributed by atoms with Gasteiger partial charge in [-0.3, -0.25) is 9.59 Å². The molecule has 1 atom stereocenters. The van der Waals surface area contributed by atoms with Crippen molar-refractivity contribution in [2.75, 3.05) is 20.2 Å². The first kappa shape index (κ1) is 19.8. The molecule has 6 heteroatoms. The van der Waals surface area contributed by atoms with Gasteiger partial charge < -0.3 is 15.0 Å². The zero-order chi connectivity index (χ0) is 18.9. The van der Waals surface area contributed by atoms with E-state index in [0.717, 1.165) is 5.56 Å². The molecule has 2 amide bonds. The van der Waals surface area contributed by atoms with Gasteiger partial charge in [0.2, 0.25) is 5.91 Å². The van der Waals surface area contributed by atoms with Crippen LogP contribution in [0.4, 0.5) is 0 Å². The number of nitrogens with one attached hydrogen (secondary N) is 1. The molecular weight excluding hydrogens is 352 g/mol. The third kappa shape index (κ3) is 5.77. The molecule has 2 aromatic rings. The second-order valence-corrected chi connectivity index (χ2v) is 6.30. The topological polar surface area (TPSA) is 58.6 Å². The van der Waals surface area contributed by atoms with Crippen LogP contribution in [0.1, 0.15) is 12.5 Å².